The average molecular weight is 416 g/mol. The molecule has 4 aromatic rings. The van der Waals surface area contributed by atoms with Crippen molar-refractivity contribution in [3.8, 4) is 22.3 Å². The standard InChI is InChI=1S/C26H26ClN3/c1-19(8-9-20-10-16-24(27)17-11-20)29-26-25(18-28-30(26)2)23-14-12-22(13-15-23)21-6-4-3-5-7-21/h3-7,10-19,29H,8-9H2,1-2H3. The number of benzene rings is 3. The first-order valence-corrected chi connectivity index (χ1v) is 10.7. The van der Waals surface area contributed by atoms with Gasteiger partial charge in [0.25, 0.3) is 0 Å². The van der Waals surface area contributed by atoms with E-state index >= 15 is 0 Å². The molecule has 0 aliphatic heterocycles. The van der Waals surface area contributed by atoms with Gasteiger partial charge in [0.2, 0.25) is 0 Å². The summed E-state index contributed by atoms with van der Waals surface area (Å²) >= 11 is 5.98. The third kappa shape index (κ3) is 4.74. The third-order valence-corrected chi connectivity index (χ3v) is 5.66. The molecule has 1 atom stereocenters. The van der Waals surface area contributed by atoms with Crippen molar-refractivity contribution < 1.29 is 0 Å². The van der Waals surface area contributed by atoms with Crippen LogP contribution in [0.25, 0.3) is 22.3 Å². The molecule has 1 aromatic heterocycles. The minimum absolute atomic E-state index is 0.318. The molecule has 30 heavy (non-hydrogen) atoms. The zero-order valence-electron chi connectivity index (χ0n) is 17.3. The maximum absolute atomic E-state index is 5.98. The van der Waals surface area contributed by atoms with Crippen LogP contribution in [0.2, 0.25) is 5.02 Å². The lowest BCUT2D eigenvalue weighted by molar-refractivity contribution is 0.683. The van der Waals surface area contributed by atoms with E-state index in [-0.39, 0.29) is 0 Å². The van der Waals surface area contributed by atoms with Gasteiger partial charge in [0.1, 0.15) is 5.82 Å². The molecule has 1 N–H and O–H groups in total. The summed E-state index contributed by atoms with van der Waals surface area (Å²) < 4.78 is 1.92. The second-order valence-corrected chi connectivity index (χ2v) is 8.12. The Bertz CT molecular complexity index is 1080. The summed E-state index contributed by atoms with van der Waals surface area (Å²) in [6, 6.07) is 27.5. The number of rotatable bonds is 7. The first-order chi connectivity index (χ1) is 14.6. The molecule has 1 heterocycles. The van der Waals surface area contributed by atoms with Crippen molar-refractivity contribution in [1.82, 2.24) is 9.78 Å². The molecule has 0 aliphatic rings. The van der Waals surface area contributed by atoms with Crippen LogP contribution in [0, 0.1) is 0 Å². The second-order valence-electron chi connectivity index (χ2n) is 7.68. The van der Waals surface area contributed by atoms with E-state index in [9.17, 15) is 0 Å². The van der Waals surface area contributed by atoms with E-state index in [2.05, 4.69) is 78.0 Å². The fraction of sp³-hybridized carbons (Fsp3) is 0.192. The van der Waals surface area contributed by atoms with Gasteiger partial charge in [-0.1, -0.05) is 78.3 Å². The number of anilines is 1. The molecule has 0 radical (unpaired) electrons. The van der Waals surface area contributed by atoms with Gasteiger partial charge in [-0.2, -0.15) is 5.10 Å². The molecule has 0 spiro atoms. The number of halogens is 1. The monoisotopic (exact) mass is 415 g/mol. The highest BCUT2D eigenvalue weighted by molar-refractivity contribution is 6.30. The molecule has 0 saturated carbocycles. The van der Waals surface area contributed by atoms with E-state index in [0.29, 0.717) is 6.04 Å². The minimum Gasteiger partial charge on any atom is -0.367 e. The predicted octanol–water partition coefficient (Wildman–Crippen LogP) is 6.84. The SMILES string of the molecule is CC(CCc1ccc(Cl)cc1)Nc1c(-c2ccc(-c3ccccc3)cc2)cnn1C. The second kappa shape index (κ2) is 9.19. The van der Waals surface area contributed by atoms with E-state index in [1.54, 1.807) is 0 Å². The number of hydrogen-bond acceptors (Lipinski definition) is 2. The van der Waals surface area contributed by atoms with Crippen molar-refractivity contribution in [2.75, 3.05) is 5.32 Å². The van der Waals surface area contributed by atoms with Crippen LogP contribution in [0.4, 0.5) is 5.82 Å². The van der Waals surface area contributed by atoms with Gasteiger partial charge in [-0.15, -0.1) is 0 Å². The predicted molar refractivity (Wildman–Crippen MR) is 127 cm³/mol. The zero-order chi connectivity index (χ0) is 20.9. The maximum Gasteiger partial charge on any atom is 0.132 e. The largest absolute Gasteiger partial charge is 0.367 e. The van der Waals surface area contributed by atoms with Crippen LogP contribution < -0.4 is 5.32 Å². The van der Waals surface area contributed by atoms with Crippen LogP contribution in [0.5, 0.6) is 0 Å². The van der Waals surface area contributed by atoms with Crippen molar-refractivity contribution in [3.63, 3.8) is 0 Å². The molecular weight excluding hydrogens is 390 g/mol. The molecule has 0 fully saturated rings. The fourth-order valence-electron chi connectivity index (χ4n) is 3.63. The van der Waals surface area contributed by atoms with Gasteiger partial charge in [-0.05, 0) is 54.2 Å². The molecule has 3 nitrogen and oxygen atoms in total. The number of aryl methyl sites for hydroxylation is 2. The smallest absolute Gasteiger partial charge is 0.132 e. The Kier molecular flexibility index (Phi) is 6.20. The van der Waals surface area contributed by atoms with Crippen molar-refractivity contribution in [1.29, 1.82) is 0 Å². The molecule has 3 aromatic carbocycles. The number of aromatic nitrogens is 2. The van der Waals surface area contributed by atoms with Gasteiger partial charge in [-0.25, -0.2) is 0 Å². The molecule has 0 saturated heterocycles. The Morgan fingerprint density at radius 3 is 2.20 bits per heavy atom. The molecule has 4 rings (SSSR count). The summed E-state index contributed by atoms with van der Waals surface area (Å²) in [4.78, 5) is 0. The lowest BCUT2D eigenvalue weighted by Crippen LogP contribution is -2.18. The quantitative estimate of drug-likeness (QED) is 0.358. The molecule has 4 heteroatoms. The summed E-state index contributed by atoms with van der Waals surface area (Å²) in [5.74, 6) is 1.05. The normalized spacial score (nSPS) is 12.0. The third-order valence-electron chi connectivity index (χ3n) is 5.40. The van der Waals surface area contributed by atoms with Crippen molar-refractivity contribution >= 4 is 17.4 Å². The molecule has 1 unspecified atom stereocenters. The van der Waals surface area contributed by atoms with Gasteiger partial charge in [0.05, 0.1) is 6.20 Å². The first-order valence-electron chi connectivity index (χ1n) is 10.3. The fourth-order valence-corrected chi connectivity index (χ4v) is 3.76. The van der Waals surface area contributed by atoms with E-state index < -0.39 is 0 Å². The van der Waals surface area contributed by atoms with Gasteiger partial charge in [0.15, 0.2) is 0 Å². The summed E-state index contributed by atoms with van der Waals surface area (Å²) in [6.45, 7) is 2.21. The molecule has 0 amide bonds. The van der Waals surface area contributed by atoms with Crippen molar-refractivity contribution in [2.24, 2.45) is 7.05 Å². The van der Waals surface area contributed by atoms with Gasteiger partial charge < -0.3 is 5.32 Å². The lowest BCUT2D eigenvalue weighted by atomic mass is 10.0. The van der Waals surface area contributed by atoms with Crippen LogP contribution in [-0.4, -0.2) is 15.8 Å². The Morgan fingerprint density at radius 1 is 0.867 bits per heavy atom. The average Bonchev–Trinajstić information content (AvgIpc) is 3.14. The van der Waals surface area contributed by atoms with E-state index in [4.69, 9.17) is 11.6 Å². The number of hydrogen-bond donors (Lipinski definition) is 1. The van der Waals surface area contributed by atoms with Crippen LogP contribution >= 0.6 is 11.6 Å². The summed E-state index contributed by atoms with van der Waals surface area (Å²) in [5.41, 5.74) is 6.03. The Balaban J connectivity index is 1.46. The molecular formula is C26H26ClN3. The Morgan fingerprint density at radius 2 is 1.50 bits per heavy atom. The van der Waals surface area contributed by atoms with Crippen molar-refractivity contribution in [3.05, 3.63) is 95.6 Å². The lowest BCUT2D eigenvalue weighted by Gasteiger charge is -2.17. The van der Waals surface area contributed by atoms with Gasteiger partial charge >= 0.3 is 0 Å². The van der Waals surface area contributed by atoms with Crippen LogP contribution in [0.1, 0.15) is 18.9 Å². The van der Waals surface area contributed by atoms with Crippen LogP contribution in [-0.2, 0) is 13.5 Å². The van der Waals surface area contributed by atoms with Gasteiger partial charge in [-0.3, -0.25) is 4.68 Å². The van der Waals surface area contributed by atoms with E-state index in [1.165, 1.54) is 16.7 Å². The minimum atomic E-state index is 0.318. The van der Waals surface area contributed by atoms with E-state index in [1.807, 2.05) is 36.1 Å². The van der Waals surface area contributed by atoms with E-state index in [0.717, 1.165) is 34.8 Å². The highest BCUT2D eigenvalue weighted by atomic mass is 35.5. The topological polar surface area (TPSA) is 29.9 Å². The van der Waals surface area contributed by atoms with Crippen molar-refractivity contribution in [2.45, 2.75) is 25.8 Å². The highest BCUT2D eigenvalue weighted by Gasteiger charge is 2.13. The maximum atomic E-state index is 5.98. The Labute approximate surface area is 183 Å². The molecule has 152 valence electrons. The molecule has 0 bridgehead atoms. The highest BCUT2D eigenvalue weighted by Crippen LogP contribution is 2.30. The first kappa shape index (κ1) is 20.2. The number of nitrogens with zero attached hydrogens (tertiary/aromatic N) is 2. The van der Waals surface area contributed by atoms with Crippen LogP contribution in [0.3, 0.4) is 0 Å². The Hall–Kier alpha value is -3.04. The van der Waals surface area contributed by atoms with Gasteiger partial charge in [0, 0.05) is 23.7 Å². The summed E-state index contributed by atoms with van der Waals surface area (Å²) in [7, 11) is 1.98. The summed E-state index contributed by atoms with van der Waals surface area (Å²) in [5, 5.41) is 8.93. The number of nitrogens with one attached hydrogen (secondary N) is 1. The van der Waals surface area contributed by atoms with Crippen LogP contribution in [0.15, 0.2) is 85.1 Å². The molecule has 0 aliphatic carbocycles. The zero-order valence-corrected chi connectivity index (χ0v) is 18.1. The summed E-state index contributed by atoms with van der Waals surface area (Å²) in [6.07, 6.45) is 3.97.